The second kappa shape index (κ2) is 14.7. The molecule has 1 aromatic heterocycles. The Balaban J connectivity index is 0.00000533. The fourth-order valence-corrected chi connectivity index (χ4v) is 5.10. The molecule has 2 aromatic carbocycles. The molecule has 2 atom stereocenters. The van der Waals surface area contributed by atoms with Crippen LogP contribution in [0.3, 0.4) is 0 Å². The molecule has 1 amide bonds. The minimum atomic E-state index is -1.38. The SMILES string of the molecule is Cc1cc(CNC(=O)n2nccc2CC[C@@H](O)C[C@@H](O)CC(=O)[O-])c(-c2ccc(F)cc2)c(C)c1C(C)C.[Na+]. The molecule has 0 fully saturated rings. The Kier molecular flexibility index (Phi) is 12.3. The number of hydrogen-bond acceptors (Lipinski definition) is 6. The summed E-state index contributed by atoms with van der Waals surface area (Å²) in [5.41, 5.74) is 6.71. The molecule has 204 valence electrons. The van der Waals surface area contributed by atoms with Gasteiger partial charge in [0.1, 0.15) is 5.82 Å². The van der Waals surface area contributed by atoms with Gasteiger partial charge in [0.2, 0.25) is 0 Å². The third-order valence-corrected chi connectivity index (χ3v) is 6.65. The summed E-state index contributed by atoms with van der Waals surface area (Å²) < 4.78 is 14.9. The van der Waals surface area contributed by atoms with Crippen molar-refractivity contribution in [2.24, 2.45) is 0 Å². The van der Waals surface area contributed by atoms with Crippen LogP contribution in [0.4, 0.5) is 9.18 Å². The van der Waals surface area contributed by atoms with E-state index in [2.05, 4.69) is 30.3 Å². The second-order valence-electron chi connectivity index (χ2n) is 9.98. The quantitative estimate of drug-likeness (QED) is 0.298. The van der Waals surface area contributed by atoms with Gasteiger partial charge < -0.3 is 25.4 Å². The number of carbonyl (C=O) groups excluding carboxylic acids is 2. The Morgan fingerprint density at radius 1 is 1.10 bits per heavy atom. The molecule has 0 saturated heterocycles. The maximum atomic E-state index is 13.6. The molecule has 0 aliphatic carbocycles. The first-order valence-electron chi connectivity index (χ1n) is 12.7. The molecule has 3 rings (SSSR count). The van der Waals surface area contributed by atoms with E-state index in [1.807, 2.05) is 13.8 Å². The van der Waals surface area contributed by atoms with Crippen LogP contribution in [0.1, 0.15) is 67.0 Å². The molecule has 0 bridgehead atoms. The number of nitrogens with one attached hydrogen (secondary N) is 1. The van der Waals surface area contributed by atoms with Crippen LogP contribution in [-0.2, 0) is 17.8 Å². The van der Waals surface area contributed by atoms with Crippen LogP contribution in [0, 0.1) is 19.7 Å². The Labute approximate surface area is 250 Å². The van der Waals surface area contributed by atoms with Gasteiger partial charge in [0.25, 0.3) is 0 Å². The number of amides is 1. The summed E-state index contributed by atoms with van der Waals surface area (Å²) in [5.74, 6) is -1.41. The summed E-state index contributed by atoms with van der Waals surface area (Å²) in [6.45, 7) is 8.58. The molecule has 0 aliphatic heterocycles. The number of carbonyl (C=O) groups is 2. The van der Waals surface area contributed by atoms with Crippen molar-refractivity contribution in [1.82, 2.24) is 15.1 Å². The molecule has 10 heteroatoms. The number of halogens is 1. The van der Waals surface area contributed by atoms with Crippen LogP contribution in [0.5, 0.6) is 0 Å². The van der Waals surface area contributed by atoms with E-state index < -0.39 is 30.6 Å². The zero-order chi connectivity index (χ0) is 28.0. The van der Waals surface area contributed by atoms with Crippen molar-refractivity contribution in [3.05, 3.63) is 76.4 Å². The Morgan fingerprint density at radius 2 is 1.77 bits per heavy atom. The van der Waals surface area contributed by atoms with E-state index in [9.17, 15) is 29.3 Å². The molecular weight excluding hydrogens is 512 g/mol. The van der Waals surface area contributed by atoms with Crippen LogP contribution >= 0.6 is 0 Å². The molecule has 39 heavy (non-hydrogen) atoms. The Bertz CT molecular complexity index is 1280. The number of hydrogen-bond donors (Lipinski definition) is 3. The van der Waals surface area contributed by atoms with Gasteiger partial charge in [-0.3, -0.25) is 0 Å². The van der Waals surface area contributed by atoms with Crippen LogP contribution in [-0.4, -0.2) is 44.2 Å². The maximum absolute atomic E-state index is 13.6. The summed E-state index contributed by atoms with van der Waals surface area (Å²) >= 11 is 0. The van der Waals surface area contributed by atoms with Gasteiger partial charge in [0, 0.05) is 30.8 Å². The molecule has 3 aromatic rings. The zero-order valence-corrected chi connectivity index (χ0v) is 25.2. The summed E-state index contributed by atoms with van der Waals surface area (Å²) in [7, 11) is 0. The Hall–Kier alpha value is -2.56. The standard InChI is InChI=1S/C29H36FN3O5.Na/c1-17(2)27-18(3)13-21(28(19(27)4)20-5-7-22(30)8-6-20)16-31-29(38)33-23(11-12-32-33)9-10-24(34)14-25(35)15-26(36)37;/h5-8,11-13,17,24-25,34-35H,9-10,14-16H2,1-4H3,(H,31,38)(H,36,37);/q;+1/p-1/t24-,25-;/m1./s1. The minimum absolute atomic E-state index is 0. The van der Waals surface area contributed by atoms with Crippen LogP contribution in [0.25, 0.3) is 11.1 Å². The summed E-state index contributed by atoms with van der Waals surface area (Å²) in [5, 5.41) is 37.5. The first-order chi connectivity index (χ1) is 18.0. The van der Waals surface area contributed by atoms with Crippen molar-refractivity contribution in [2.75, 3.05) is 0 Å². The van der Waals surface area contributed by atoms with Crippen molar-refractivity contribution in [3.63, 3.8) is 0 Å². The van der Waals surface area contributed by atoms with E-state index in [1.165, 1.54) is 28.6 Å². The normalized spacial score (nSPS) is 12.6. The van der Waals surface area contributed by atoms with Gasteiger partial charge in [-0.25, -0.2) is 9.18 Å². The average Bonchev–Trinajstić information content (AvgIpc) is 3.30. The smallest absolute Gasteiger partial charge is 0.550 e. The van der Waals surface area contributed by atoms with Gasteiger partial charge in [-0.15, -0.1) is 0 Å². The predicted octanol–water partition coefficient (Wildman–Crippen LogP) is 0.376. The number of carboxylic acid groups (broad SMARTS) is 1. The number of benzene rings is 2. The van der Waals surface area contributed by atoms with E-state index in [4.69, 9.17) is 0 Å². The molecule has 0 spiro atoms. The molecule has 0 saturated carbocycles. The van der Waals surface area contributed by atoms with Gasteiger partial charge in [-0.1, -0.05) is 32.0 Å². The number of aliphatic hydroxyl groups excluding tert-OH is 2. The van der Waals surface area contributed by atoms with Crippen molar-refractivity contribution >= 4 is 12.0 Å². The molecule has 0 aliphatic rings. The van der Waals surface area contributed by atoms with Gasteiger partial charge in [-0.05, 0) is 90.6 Å². The van der Waals surface area contributed by atoms with Crippen LogP contribution in [0.2, 0.25) is 0 Å². The fraction of sp³-hybridized carbons (Fsp3) is 0.414. The molecule has 0 radical (unpaired) electrons. The van der Waals surface area contributed by atoms with Crippen molar-refractivity contribution in [2.45, 2.75) is 78.0 Å². The monoisotopic (exact) mass is 547 g/mol. The van der Waals surface area contributed by atoms with Crippen molar-refractivity contribution in [3.8, 4) is 11.1 Å². The second-order valence-corrected chi connectivity index (χ2v) is 9.98. The van der Waals surface area contributed by atoms with Crippen molar-refractivity contribution < 1.29 is 58.9 Å². The topological polar surface area (TPSA) is 128 Å². The van der Waals surface area contributed by atoms with Crippen molar-refractivity contribution in [1.29, 1.82) is 0 Å². The zero-order valence-electron chi connectivity index (χ0n) is 23.2. The molecule has 8 nitrogen and oxygen atoms in total. The predicted molar refractivity (Wildman–Crippen MR) is 140 cm³/mol. The van der Waals surface area contributed by atoms with Crippen LogP contribution in [0.15, 0.2) is 42.6 Å². The van der Waals surface area contributed by atoms with Gasteiger partial charge in [0.15, 0.2) is 0 Å². The number of aliphatic hydroxyl groups is 2. The van der Waals surface area contributed by atoms with E-state index in [0.717, 1.165) is 27.8 Å². The van der Waals surface area contributed by atoms with Gasteiger partial charge >= 0.3 is 35.6 Å². The number of nitrogens with zero attached hydrogens (tertiary/aromatic N) is 2. The molecule has 0 unspecified atom stereocenters. The largest absolute Gasteiger partial charge is 1.00 e. The number of aryl methyl sites for hydroxylation is 2. The molecule has 3 N–H and O–H groups in total. The van der Waals surface area contributed by atoms with Gasteiger partial charge in [0.05, 0.1) is 12.2 Å². The summed E-state index contributed by atoms with van der Waals surface area (Å²) in [4.78, 5) is 23.6. The fourth-order valence-electron chi connectivity index (χ4n) is 5.10. The number of carboxylic acids is 1. The third kappa shape index (κ3) is 8.71. The van der Waals surface area contributed by atoms with Gasteiger partial charge in [-0.2, -0.15) is 9.78 Å². The molecular formula is C29H35FN3NaO5. The number of rotatable bonds is 11. The van der Waals surface area contributed by atoms with E-state index in [0.29, 0.717) is 18.0 Å². The summed E-state index contributed by atoms with van der Waals surface area (Å²) in [6, 6.07) is 9.61. The first-order valence-corrected chi connectivity index (χ1v) is 12.7. The number of aromatic nitrogens is 2. The number of aliphatic carboxylic acids is 1. The first kappa shape index (κ1) is 32.7. The maximum Gasteiger partial charge on any atom is 1.00 e. The summed E-state index contributed by atoms with van der Waals surface area (Å²) in [6.07, 6.45) is -0.796. The van der Waals surface area contributed by atoms with E-state index in [-0.39, 0.29) is 54.8 Å². The van der Waals surface area contributed by atoms with E-state index in [1.54, 1.807) is 18.2 Å². The third-order valence-electron chi connectivity index (χ3n) is 6.65. The van der Waals surface area contributed by atoms with E-state index >= 15 is 0 Å². The molecule has 1 heterocycles. The van der Waals surface area contributed by atoms with Crippen LogP contribution < -0.4 is 40.0 Å². The average molecular weight is 548 g/mol. The Morgan fingerprint density at radius 3 is 2.38 bits per heavy atom. The minimum Gasteiger partial charge on any atom is -0.550 e.